The quantitative estimate of drug-likeness (QED) is 0.603. The number of aromatic nitrogens is 4. The second kappa shape index (κ2) is 7.21. The molecule has 1 N–H and O–H groups in total. The Labute approximate surface area is 156 Å². The Bertz CT molecular complexity index is 1070. The Balaban J connectivity index is 1.67. The van der Waals surface area contributed by atoms with Crippen LogP contribution in [-0.2, 0) is 0 Å². The van der Waals surface area contributed by atoms with E-state index in [2.05, 4.69) is 20.8 Å². The van der Waals surface area contributed by atoms with E-state index in [0.717, 1.165) is 28.1 Å². The predicted octanol–water partition coefficient (Wildman–Crippen LogP) is 3.89. The zero-order valence-electron chi connectivity index (χ0n) is 14.7. The molecular weight excluding hydrogens is 338 g/mol. The van der Waals surface area contributed by atoms with E-state index in [-0.39, 0.29) is 5.91 Å². The van der Waals surface area contributed by atoms with Gasteiger partial charge >= 0.3 is 0 Å². The first kappa shape index (κ1) is 16.7. The number of tetrazole rings is 1. The lowest BCUT2D eigenvalue weighted by atomic mass is 9.99. The first-order valence-corrected chi connectivity index (χ1v) is 8.52. The van der Waals surface area contributed by atoms with Gasteiger partial charge in [-0.1, -0.05) is 54.6 Å². The number of nitrogens with one attached hydrogen (secondary N) is 1. The Morgan fingerprint density at radius 3 is 2.52 bits per heavy atom. The fourth-order valence-corrected chi connectivity index (χ4v) is 2.91. The first-order chi connectivity index (χ1) is 13.2. The molecule has 0 saturated carbocycles. The summed E-state index contributed by atoms with van der Waals surface area (Å²) in [5.41, 5.74) is 4.97. The summed E-state index contributed by atoms with van der Waals surface area (Å²) in [4.78, 5) is 13.0. The lowest BCUT2D eigenvalue weighted by Gasteiger charge is -2.13. The van der Waals surface area contributed by atoms with Gasteiger partial charge in [0.1, 0.15) is 6.33 Å². The maximum Gasteiger partial charge on any atom is 0.256 e. The van der Waals surface area contributed by atoms with Gasteiger partial charge in [0.2, 0.25) is 0 Å². The summed E-state index contributed by atoms with van der Waals surface area (Å²) in [6.45, 7) is 1.95. The predicted molar refractivity (Wildman–Crippen MR) is 104 cm³/mol. The van der Waals surface area contributed by atoms with Crippen molar-refractivity contribution in [2.75, 3.05) is 5.32 Å². The number of benzene rings is 3. The number of hydrogen-bond acceptors (Lipinski definition) is 4. The summed E-state index contributed by atoms with van der Waals surface area (Å²) >= 11 is 0. The molecule has 4 aromatic rings. The molecule has 132 valence electrons. The molecule has 0 aliphatic heterocycles. The molecule has 0 unspecified atom stereocenters. The molecule has 0 bridgehead atoms. The number of anilines is 1. The lowest BCUT2D eigenvalue weighted by molar-refractivity contribution is 0.102. The van der Waals surface area contributed by atoms with Crippen molar-refractivity contribution < 1.29 is 4.79 Å². The van der Waals surface area contributed by atoms with Crippen molar-refractivity contribution in [2.24, 2.45) is 0 Å². The van der Waals surface area contributed by atoms with Gasteiger partial charge in [-0.25, -0.2) is 4.68 Å². The molecule has 6 nitrogen and oxygen atoms in total. The molecule has 0 saturated heterocycles. The van der Waals surface area contributed by atoms with Crippen LogP contribution >= 0.6 is 0 Å². The Morgan fingerprint density at radius 1 is 0.963 bits per heavy atom. The first-order valence-electron chi connectivity index (χ1n) is 8.52. The third-order valence-corrected chi connectivity index (χ3v) is 4.34. The zero-order valence-corrected chi connectivity index (χ0v) is 14.7. The topological polar surface area (TPSA) is 72.7 Å². The number of nitrogens with zero attached hydrogens (tertiary/aromatic N) is 4. The average molecular weight is 355 g/mol. The number of carbonyl (C=O) groups is 1. The van der Waals surface area contributed by atoms with Crippen LogP contribution in [0, 0.1) is 6.92 Å². The van der Waals surface area contributed by atoms with Gasteiger partial charge in [0.05, 0.1) is 5.69 Å². The summed E-state index contributed by atoms with van der Waals surface area (Å²) in [5.74, 6) is -0.161. The van der Waals surface area contributed by atoms with Gasteiger partial charge < -0.3 is 5.32 Å². The zero-order chi connectivity index (χ0) is 18.6. The van der Waals surface area contributed by atoms with Crippen molar-refractivity contribution in [3.8, 4) is 16.8 Å². The molecule has 4 rings (SSSR count). The highest BCUT2D eigenvalue weighted by Crippen LogP contribution is 2.25. The monoisotopic (exact) mass is 355 g/mol. The van der Waals surface area contributed by atoms with Gasteiger partial charge in [-0.2, -0.15) is 0 Å². The van der Waals surface area contributed by atoms with Gasteiger partial charge in [-0.3, -0.25) is 4.79 Å². The van der Waals surface area contributed by atoms with Crippen LogP contribution in [0.2, 0.25) is 0 Å². The van der Waals surface area contributed by atoms with Gasteiger partial charge in [0.25, 0.3) is 5.91 Å². The van der Waals surface area contributed by atoms with Crippen LogP contribution in [0.25, 0.3) is 16.8 Å². The van der Waals surface area contributed by atoms with E-state index in [1.165, 1.54) is 6.33 Å². The molecule has 0 fully saturated rings. The molecule has 0 spiro atoms. The Hall–Kier alpha value is -3.80. The van der Waals surface area contributed by atoms with Crippen LogP contribution in [0.5, 0.6) is 0 Å². The third kappa shape index (κ3) is 3.46. The fourth-order valence-electron chi connectivity index (χ4n) is 2.91. The molecule has 0 radical (unpaired) electrons. The van der Waals surface area contributed by atoms with Gasteiger partial charge in [-0.05, 0) is 52.2 Å². The van der Waals surface area contributed by atoms with Gasteiger partial charge in [0.15, 0.2) is 0 Å². The highest BCUT2D eigenvalue weighted by molar-refractivity contribution is 6.09. The number of hydrogen-bond donors (Lipinski definition) is 1. The number of carbonyl (C=O) groups excluding carboxylic acids is 1. The SMILES string of the molecule is Cc1ccc(-n2cnnn2)cc1NC(=O)c1ccccc1-c1ccccc1. The second-order valence-electron chi connectivity index (χ2n) is 6.12. The number of rotatable bonds is 4. The smallest absolute Gasteiger partial charge is 0.256 e. The van der Waals surface area contributed by atoms with Crippen molar-refractivity contribution in [1.29, 1.82) is 0 Å². The van der Waals surface area contributed by atoms with E-state index in [1.807, 2.05) is 79.7 Å². The second-order valence-corrected chi connectivity index (χ2v) is 6.12. The van der Waals surface area contributed by atoms with Crippen LogP contribution in [-0.4, -0.2) is 26.1 Å². The molecule has 1 aromatic heterocycles. The number of amides is 1. The Morgan fingerprint density at radius 2 is 1.74 bits per heavy atom. The molecule has 3 aromatic carbocycles. The van der Waals surface area contributed by atoms with Crippen molar-refractivity contribution in [3.63, 3.8) is 0 Å². The van der Waals surface area contributed by atoms with Crippen molar-refractivity contribution in [2.45, 2.75) is 6.92 Å². The normalized spacial score (nSPS) is 10.6. The van der Waals surface area contributed by atoms with Crippen LogP contribution in [0.4, 0.5) is 5.69 Å². The molecule has 0 aliphatic rings. The maximum absolute atomic E-state index is 13.0. The molecule has 0 atom stereocenters. The summed E-state index contributed by atoms with van der Waals surface area (Å²) in [6.07, 6.45) is 1.51. The minimum atomic E-state index is -0.161. The molecule has 27 heavy (non-hydrogen) atoms. The van der Waals surface area contributed by atoms with E-state index in [4.69, 9.17) is 0 Å². The standard InChI is InChI=1S/C21H17N5O/c1-15-11-12-17(26-14-22-24-25-26)13-20(15)23-21(27)19-10-6-5-9-18(19)16-7-3-2-4-8-16/h2-14H,1H3,(H,23,27). The summed E-state index contributed by atoms with van der Waals surface area (Å²) in [5, 5.41) is 14.2. The van der Waals surface area contributed by atoms with Crippen LogP contribution in [0.1, 0.15) is 15.9 Å². The fraction of sp³-hybridized carbons (Fsp3) is 0.0476. The molecule has 0 aliphatic carbocycles. The van der Waals surface area contributed by atoms with Crippen molar-refractivity contribution in [3.05, 3.63) is 90.3 Å². The number of aryl methyl sites for hydroxylation is 1. The Kier molecular flexibility index (Phi) is 4.45. The van der Waals surface area contributed by atoms with Gasteiger partial charge in [-0.15, -0.1) is 5.10 Å². The van der Waals surface area contributed by atoms with Crippen molar-refractivity contribution in [1.82, 2.24) is 20.2 Å². The molecule has 1 heterocycles. The van der Waals surface area contributed by atoms with E-state index >= 15 is 0 Å². The lowest BCUT2D eigenvalue weighted by Crippen LogP contribution is -2.14. The highest BCUT2D eigenvalue weighted by Gasteiger charge is 2.14. The van der Waals surface area contributed by atoms with Crippen LogP contribution in [0.15, 0.2) is 79.1 Å². The van der Waals surface area contributed by atoms with Gasteiger partial charge in [0, 0.05) is 11.3 Å². The minimum absolute atomic E-state index is 0.161. The van der Waals surface area contributed by atoms with Crippen molar-refractivity contribution >= 4 is 11.6 Å². The summed E-state index contributed by atoms with van der Waals surface area (Å²) in [6, 6.07) is 23.1. The summed E-state index contributed by atoms with van der Waals surface area (Å²) < 4.78 is 1.55. The largest absolute Gasteiger partial charge is 0.322 e. The van der Waals surface area contributed by atoms with Crippen LogP contribution < -0.4 is 5.32 Å². The maximum atomic E-state index is 13.0. The van der Waals surface area contributed by atoms with E-state index < -0.39 is 0 Å². The third-order valence-electron chi connectivity index (χ3n) is 4.34. The average Bonchev–Trinajstić information content (AvgIpc) is 3.25. The van der Waals surface area contributed by atoms with E-state index in [9.17, 15) is 4.79 Å². The molecule has 1 amide bonds. The van der Waals surface area contributed by atoms with E-state index in [0.29, 0.717) is 5.56 Å². The highest BCUT2D eigenvalue weighted by atomic mass is 16.1. The minimum Gasteiger partial charge on any atom is -0.322 e. The molecular formula is C21H17N5O. The van der Waals surface area contributed by atoms with Crippen LogP contribution in [0.3, 0.4) is 0 Å². The molecule has 6 heteroatoms. The summed E-state index contributed by atoms with van der Waals surface area (Å²) in [7, 11) is 0. The van der Waals surface area contributed by atoms with E-state index in [1.54, 1.807) is 4.68 Å².